The van der Waals surface area contributed by atoms with Crippen molar-refractivity contribution in [3.05, 3.63) is 23.8 Å². The first-order valence-electron chi connectivity index (χ1n) is 4.87. The highest BCUT2D eigenvalue weighted by Gasteiger charge is 2.21. The van der Waals surface area contributed by atoms with Crippen LogP contribution in [0.1, 0.15) is 18.4 Å². The Hall–Kier alpha value is -1.51. The van der Waals surface area contributed by atoms with Gasteiger partial charge in [0.2, 0.25) is 6.79 Å². The van der Waals surface area contributed by atoms with Crippen molar-refractivity contribution in [2.24, 2.45) is 4.99 Å². The smallest absolute Gasteiger partial charge is 0.231 e. The molecular formula is C11H11NO2. The number of benzene rings is 1. The van der Waals surface area contributed by atoms with Crippen molar-refractivity contribution in [3.8, 4) is 11.5 Å². The van der Waals surface area contributed by atoms with E-state index >= 15 is 0 Å². The van der Waals surface area contributed by atoms with Crippen LogP contribution in [0.5, 0.6) is 11.5 Å². The molecule has 72 valence electrons. The molecule has 2 aliphatic rings. The maximum atomic E-state index is 5.44. The Morgan fingerprint density at radius 2 is 2.21 bits per heavy atom. The quantitative estimate of drug-likeness (QED) is 0.676. The van der Waals surface area contributed by atoms with Crippen LogP contribution < -0.4 is 9.47 Å². The summed E-state index contributed by atoms with van der Waals surface area (Å²) >= 11 is 0. The second kappa shape index (κ2) is 3.01. The SMILES string of the molecule is c1cc2c(c(C3=NCCC3)c1)OCO2. The Morgan fingerprint density at radius 3 is 3.07 bits per heavy atom. The molecule has 3 nitrogen and oxygen atoms in total. The topological polar surface area (TPSA) is 30.8 Å². The summed E-state index contributed by atoms with van der Waals surface area (Å²) in [5.41, 5.74) is 2.27. The van der Waals surface area contributed by atoms with Crippen LogP contribution in [0.15, 0.2) is 23.2 Å². The van der Waals surface area contributed by atoms with E-state index in [1.54, 1.807) is 0 Å². The summed E-state index contributed by atoms with van der Waals surface area (Å²) < 4.78 is 10.8. The van der Waals surface area contributed by atoms with Gasteiger partial charge in [-0.05, 0) is 25.0 Å². The Labute approximate surface area is 82.4 Å². The number of nitrogens with zero attached hydrogens (tertiary/aromatic N) is 1. The number of rotatable bonds is 1. The van der Waals surface area contributed by atoms with E-state index in [1.165, 1.54) is 0 Å². The summed E-state index contributed by atoms with van der Waals surface area (Å²) in [6.45, 7) is 1.28. The van der Waals surface area contributed by atoms with Crippen LogP contribution in [0.4, 0.5) is 0 Å². The number of ether oxygens (including phenoxy) is 2. The van der Waals surface area contributed by atoms with Crippen LogP contribution in [0, 0.1) is 0 Å². The zero-order valence-corrected chi connectivity index (χ0v) is 7.82. The van der Waals surface area contributed by atoms with Crippen LogP contribution in [0.2, 0.25) is 0 Å². The van der Waals surface area contributed by atoms with Gasteiger partial charge in [0.15, 0.2) is 11.5 Å². The van der Waals surface area contributed by atoms with E-state index in [1.807, 2.05) is 12.1 Å². The van der Waals surface area contributed by atoms with Gasteiger partial charge in [0.25, 0.3) is 0 Å². The molecule has 2 aliphatic heterocycles. The van der Waals surface area contributed by atoms with E-state index in [9.17, 15) is 0 Å². The molecule has 0 saturated heterocycles. The van der Waals surface area contributed by atoms with E-state index < -0.39 is 0 Å². The lowest BCUT2D eigenvalue weighted by Crippen LogP contribution is -1.99. The molecule has 0 N–H and O–H groups in total. The zero-order chi connectivity index (χ0) is 9.38. The molecular weight excluding hydrogens is 178 g/mol. The largest absolute Gasteiger partial charge is 0.454 e. The van der Waals surface area contributed by atoms with Crippen LogP contribution in [0.25, 0.3) is 0 Å². The molecule has 0 fully saturated rings. The average Bonchev–Trinajstić information content (AvgIpc) is 2.88. The molecule has 0 atom stereocenters. The number of hydrogen-bond acceptors (Lipinski definition) is 3. The minimum Gasteiger partial charge on any atom is -0.454 e. The second-order valence-electron chi connectivity index (χ2n) is 3.47. The Kier molecular flexibility index (Phi) is 1.69. The van der Waals surface area contributed by atoms with Crippen molar-refractivity contribution in [3.63, 3.8) is 0 Å². The first-order chi connectivity index (χ1) is 6.95. The molecule has 2 heterocycles. The number of para-hydroxylation sites is 1. The third kappa shape index (κ3) is 1.09. The fourth-order valence-electron chi connectivity index (χ4n) is 1.92. The summed E-state index contributed by atoms with van der Waals surface area (Å²) in [6.07, 6.45) is 2.21. The molecule has 0 saturated carbocycles. The molecule has 1 aromatic rings. The van der Waals surface area contributed by atoms with Gasteiger partial charge in [-0.2, -0.15) is 0 Å². The predicted octanol–water partition coefficient (Wildman–Crippen LogP) is 2.00. The fourth-order valence-corrected chi connectivity index (χ4v) is 1.92. The highest BCUT2D eigenvalue weighted by Crippen LogP contribution is 2.36. The lowest BCUT2D eigenvalue weighted by molar-refractivity contribution is 0.174. The molecule has 0 spiro atoms. The molecule has 3 heteroatoms. The van der Waals surface area contributed by atoms with Crippen LogP contribution in [0.3, 0.4) is 0 Å². The van der Waals surface area contributed by atoms with Gasteiger partial charge in [-0.1, -0.05) is 6.07 Å². The van der Waals surface area contributed by atoms with Crippen LogP contribution in [-0.2, 0) is 0 Å². The Morgan fingerprint density at radius 1 is 1.21 bits per heavy atom. The van der Waals surface area contributed by atoms with Gasteiger partial charge in [0.05, 0.1) is 0 Å². The molecule has 0 aliphatic carbocycles. The van der Waals surface area contributed by atoms with E-state index in [-0.39, 0.29) is 0 Å². The zero-order valence-electron chi connectivity index (χ0n) is 7.82. The summed E-state index contributed by atoms with van der Waals surface area (Å²) in [5.74, 6) is 1.71. The third-order valence-electron chi connectivity index (χ3n) is 2.58. The van der Waals surface area contributed by atoms with Crippen molar-refractivity contribution in [1.29, 1.82) is 0 Å². The minimum atomic E-state index is 0.333. The van der Waals surface area contributed by atoms with Gasteiger partial charge in [-0.3, -0.25) is 4.99 Å². The predicted molar refractivity (Wildman–Crippen MR) is 53.2 cm³/mol. The van der Waals surface area contributed by atoms with Gasteiger partial charge in [0.1, 0.15) is 0 Å². The summed E-state index contributed by atoms with van der Waals surface area (Å²) in [5, 5.41) is 0. The Bertz CT molecular complexity index is 398. The molecule has 0 radical (unpaired) electrons. The molecule has 3 rings (SSSR count). The Balaban J connectivity index is 2.09. The van der Waals surface area contributed by atoms with Gasteiger partial charge < -0.3 is 9.47 Å². The standard InChI is InChI=1S/C11H11NO2/c1-3-8(9-4-2-6-12-9)11-10(5-1)13-7-14-11/h1,3,5H,2,4,6-7H2. The first-order valence-corrected chi connectivity index (χ1v) is 4.87. The van der Waals surface area contributed by atoms with Gasteiger partial charge in [-0.15, -0.1) is 0 Å². The molecule has 0 bridgehead atoms. The number of hydrogen-bond donors (Lipinski definition) is 0. The molecule has 0 amide bonds. The summed E-state index contributed by atoms with van der Waals surface area (Å²) in [6, 6.07) is 5.97. The van der Waals surface area contributed by atoms with Gasteiger partial charge >= 0.3 is 0 Å². The number of aliphatic imine (C=N–C) groups is 1. The highest BCUT2D eigenvalue weighted by atomic mass is 16.7. The van der Waals surface area contributed by atoms with Crippen molar-refractivity contribution in [2.75, 3.05) is 13.3 Å². The molecule has 0 unspecified atom stereocenters. The number of fused-ring (bicyclic) bond motifs is 1. The normalized spacial score (nSPS) is 18.4. The lowest BCUT2D eigenvalue weighted by atomic mass is 10.1. The lowest BCUT2D eigenvalue weighted by Gasteiger charge is -2.04. The molecule has 14 heavy (non-hydrogen) atoms. The van der Waals surface area contributed by atoms with Crippen molar-refractivity contribution in [1.82, 2.24) is 0 Å². The second-order valence-corrected chi connectivity index (χ2v) is 3.47. The fraction of sp³-hybridized carbons (Fsp3) is 0.364. The van der Waals surface area contributed by atoms with E-state index in [2.05, 4.69) is 11.1 Å². The molecule has 0 aromatic heterocycles. The van der Waals surface area contributed by atoms with E-state index in [0.29, 0.717) is 6.79 Å². The maximum absolute atomic E-state index is 5.44. The third-order valence-corrected chi connectivity index (χ3v) is 2.58. The van der Waals surface area contributed by atoms with Crippen molar-refractivity contribution in [2.45, 2.75) is 12.8 Å². The maximum Gasteiger partial charge on any atom is 0.231 e. The molecule has 1 aromatic carbocycles. The summed E-state index contributed by atoms with van der Waals surface area (Å²) in [4.78, 5) is 4.46. The van der Waals surface area contributed by atoms with Gasteiger partial charge in [0, 0.05) is 17.8 Å². The van der Waals surface area contributed by atoms with Gasteiger partial charge in [-0.25, -0.2) is 0 Å². The monoisotopic (exact) mass is 189 g/mol. The van der Waals surface area contributed by atoms with Crippen LogP contribution >= 0.6 is 0 Å². The van der Waals surface area contributed by atoms with E-state index in [0.717, 1.165) is 42.2 Å². The van der Waals surface area contributed by atoms with Crippen molar-refractivity contribution < 1.29 is 9.47 Å². The highest BCUT2D eigenvalue weighted by molar-refractivity contribution is 6.04. The first kappa shape index (κ1) is 7.85. The van der Waals surface area contributed by atoms with Crippen molar-refractivity contribution >= 4 is 5.71 Å². The van der Waals surface area contributed by atoms with E-state index in [4.69, 9.17) is 9.47 Å². The minimum absolute atomic E-state index is 0.333. The summed E-state index contributed by atoms with van der Waals surface area (Å²) in [7, 11) is 0. The van der Waals surface area contributed by atoms with Crippen LogP contribution in [-0.4, -0.2) is 19.0 Å². The average molecular weight is 189 g/mol.